The lowest BCUT2D eigenvalue weighted by Crippen LogP contribution is -2.36. The van der Waals surface area contributed by atoms with Crippen molar-refractivity contribution in [1.82, 2.24) is 24.9 Å². The summed E-state index contributed by atoms with van der Waals surface area (Å²) in [7, 11) is 1.50. The molecule has 9 nitrogen and oxygen atoms in total. The van der Waals surface area contributed by atoms with Crippen molar-refractivity contribution >= 4 is 47.2 Å². The zero-order valence-electron chi connectivity index (χ0n) is 12.7. The van der Waals surface area contributed by atoms with Gasteiger partial charge in [0.25, 0.3) is 9.05 Å². The summed E-state index contributed by atoms with van der Waals surface area (Å²) >= 11 is 0.959. The van der Waals surface area contributed by atoms with Crippen LogP contribution in [0.3, 0.4) is 0 Å². The minimum absolute atomic E-state index is 0.200. The zero-order chi connectivity index (χ0) is 17.4. The van der Waals surface area contributed by atoms with E-state index in [-0.39, 0.29) is 9.99 Å². The maximum atomic E-state index is 11.7. The lowest BCUT2D eigenvalue weighted by molar-refractivity contribution is 0.122. The Morgan fingerprint density at radius 3 is 2.52 bits per heavy atom. The fraction of sp³-hybridized carbons (Fsp3) is 0.308. The third-order valence-corrected chi connectivity index (χ3v) is 6.52. The molecule has 4 rings (SSSR count). The molecular weight excluding hydrogens is 388 g/mol. The number of anilines is 1. The van der Waals surface area contributed by atoms with Crippen molar-refractivity contribution in [2.75, 3.05) is 31.2 Å². The number of thiazole rings is 1. The van der Waals surface area contributed by atoms with Crippen LogP contribution in [0.2, 0.25) is 0 Å². The molecule has 1 aliphatic heterocycles. The van der Waals surface area contributed by atoms with Crippen molar-refractivity contribution in [3.63, 3.8) is 0 Å². The van der Waals surface area contributed by atoms with Gasteiger partial charge in [0.1, 0.15) is 11.0 Å². The maximum Gasteiger partial charge on any atom is 0.288 e. The number of aromatic nitrogens is 5. The van der Waals surface area contributed by atoms with Crippen molar-refractivity contribution in [2.45, 2.75) is 4.34 Å². The van der Waals surface area contributed by atoms with E-state index in [0.717, 1.165) is 11.3 Å². The molecule has 0 unspecified atom stereocenters. The molecule has 1 aliphatic rings. The van der Waals surface area contributed by atoms with Crippen molar-refractivity contribution in [3.8, 4) is 11.4 Å². The quantitative estimate of drug-likeness (QED) is 0.602. The number of ether oxygens (including phenoxy) is 1. The molecule has 0 amide bonds. The molecule has 0 spiro atoms. The molecule has 3 aromatic rings. The van der Waals surface area contributed by atoms with E-state index in [1.807, 2.05) is 4.90 Å². The van der Waals surface area contributed by atoms with Gasteiger partial charge in [-0.15, -0.1) is 0 Å². The molecule has 1 fully saturated rings. The average molecular weight is 399 g/mol. The van der Waals surface area contributed by atoms with Crippen LogP contribution in [0.5, 0.6) is 0 Å². The molecule has 4 heterocycles. The highest BCUT2D eigenvalue weighted by Crippen LogP contribution is 2.34. The highest BCUT2D eigenvalue weighted by atomic mass is 35.7. The Hall–Kier alpha value is -1.95. The molecule has 0 bridgehead atoms. The molecule has 0 atom stereocenters. The monoisotopic (exact) mass is 398 g/mol. The summed E-state index contributed by atoms with van der Waals surface area (Å²) in [5.74, 6) is 0.981. The van der Waals surface area contributed by atoms with Gasteiger partial charge in [0, 0.05) is 36.2 Å². The van der Waals surface area contributed by atoms with Gasteiger partial charge in [-0.3, -0.25) is 0 Å². The Kier molecular flexibility index (Phi) is 4.23. The Morgan fingerprint density at radius 1 is 1.12 bits per heavy atom. The lowest BCUT2D eigenvalue weighted by Gasteiger charge is -2.28. The average Bonchev–Trinajstić information content (AvgIpc) is 3.07. The van der Waals surface area contributed by atoms with Crippen LogP contribution in [0.25, 0.3) is 21.7 Å². The van der Waals surface area contributed by atoms with Gasteiger partial charge in [-0.1, -0.05) is 11.3 Å². The third kappa shape index (κ3) is 3.27. The molecule has 1 saturated heterocycles. The van der Waals surface area contributed by atoms with Crippen LogP contribution in [0, 0.1) is 0 Å². The Bertz CT molecular complexity index is 1020. The molecule has 0 aromatic carbocycles. The van der Waals surface area contributed by atoms with E-state index in [1.54, 1.807) is 12.4 Å². The largest absolute Gasteiger partial charge is 0.378 e. The van der Waals surface area contributed by atoms with Crippen LogP contribution < -0.4 is 4.90 Å². The van der Waals surface area contributed by atoms with Crippen LogP contribution in [0.4, 0.5) is 5.82 Å². The smallest absolute Gasteiger partial charge is 0.288 e. The van der Waals surface area contributed by atoms with E-state index >= 15 is 0 Å². The highest BCUT2D eigenvalue weighted by molar-refractivity contribution is 8.15. The van der Waals surface area contributed by atoms with Crippen molar-refractivity contribution < 1.29 is 13.2 Å². The number of morpholine rings is 1. The SMILES string of the molecule is O=S(=O)(Cl)c1nc2nc(-c3cncnc3)nc(N3CCOCC3)c2s1. The summed E-state index contributed by atoms with van der Waals surface area (Å²) in [6.07, 6.45) is 4.58. The standard InChI is InChI=1S/C13H11ClN6O3S2/c14-25(21,22)13-19-11-9(24-13)12(20-1-3-23-4-2-20)18-10(17-11)8-5-15-7-16-6-8/h5-7H,1-4H2. The summed E-state index contributed by atoms with van der Waals surface area (Å²) < 4.78 is 29.1. The van der Waals surface area contributed by atoms with Gasteiger partial charge in [0.2, 0.25) is 4.34 Å². The fourth-order valence-corrected chi connectivity index (χ4v) is 4.41. The first-order chi connectivity index (χ1) is 12.0. The predicted octanol–water partition coefficient (Wildman–Crippen LogP) is 1.31. The Balaban J connectivity index is 1.93. The molecule has 130 valence electrons. The Labute approximate surface area is 151 Å². The molecule has 0 radical (unpaired) electrons. The fourth-order valence-electron chi connectivity index (χ4n) is 2.43. The van der Waals surface area contributed by atoms with Crippen LogP contribution in [0.15, 0.2) is 23.1 Å². The minimum atomic E-state index is -3.95. The number of hydrogen-bond acceptors (Lipinski definition) is 10. The van der Waals surface area contributed by atoms with E-state index in [2.05, 4.69) is 24.9 Å². The van der Waals surface area contributed by atoms with E-state index in [4.69, 9.17) is 15.4 Å². The van der Waals surface area contributed by atoms with Crippen LogP contribution in [-0.2, 0) is 13.8 Å². The van der Waals surface area contributed by atoms with Gasteiger partial charge in [-0.25, -0.2) is 33.3 Å². The summed E-state index contributed by atoms with van der Waals surface area (Å²) in [4.78, 5) is 23.0. The normalized spacial score (nSPS) is 15.6. The molecule has 3 aromatic heterocycles. The number of fused-ring (bicyclic) bond motifs is 1. The van der Waals surface area contributed by atoms with Gasteiger partial charge in [0.05, 0.1) is 18.8 Å². The number of hydrogen-bond donors (Lipinski definition) is 0. The van der Waals surface area contributed by atoms with Crippen molar-refractivity contribution in [1.29, 1.82) is 0 Å². The van der Waals surface area contributed by atoms with E-state index in [0.29, 0.717) is 48.2 Å². The van der Waals surface area contributed by atoms with Crippen LogP contribution >= 0.6 is 22.0 Å². The highest BCUT2D eigenvalue weighted by Gasteiger charge is 2.24. The molecule has 0 N–H and O–H groups in total. The first-order valence-corrected chi connectivity index (χ1v) is 10.4. The molecule has 25 heavy (non-hydrogen) atoms. The predicted molar refractivity (Wildman–Crippen MR) is 92.3 cm³/mol. The van der Waals surface area contributed by atoms with Gasteiger partial charge < -0.3 is 9.64 Å². The summed E-state index contributed by atoms with van der Waals surface area (Å²) in [5, 5.41) is 0. The minimum Gasteiger partial charge on any atom is -0.378 e. The number of nitrogens with zero attached hydrogens (tertiary/aromatic N) is 6. The van der Waals surface area contributed by atoms with Gasteiger partial charge in [-0.05, 0) is 0 Å². The summed E-state index contributed by atoms with van der Waals surface area (Å²) in [6, 6.07) is 0. The van der Waals surface area contributed by atoms with E-state index in [9.17, 15) is 8.42 Å². The third-order valence-electron chi connectivity index (χ3n) is 3.55. The summed E-state index contributed by atoms with van der Waals surface area (Å²) in [6.45, 7) is 2.40. The molecular formula is C13H11ClN6O3S2. The van der Waals surface area contributed by atoms with Crippen molar-refractivity contribution in [2.24, 2.45) is 0 Å². The molecule has 0 aliphatic carbocycles. The topological polar surface area (TPSA) is 111 Å². The maximum absolute atomic E-state index is 11.7. The first-order valence-electron chi connectivity index (χ1n) is 7.24. The lowest BCUT2D eigenvalue weighted by atomic mass is 10.3. The van der Waals surface area contributed by atoms with Gasteiger partial charge in [-0.2, -0.15) is 0 Å². The van der Waals surface area contributed by atoms with E-state index < -0.39 is 9.05 Å². The molecule has 12 heteroatoms. The molecule has 0 saturated carbocycles. The van der Waals surface area contributed by atoms with Gasteiger partial charge in [0.15, 0.2) is 17.3 Å². The zero-order valence-corrected chi connectivity index (χ0v) is 15.1. The van der Waals surface area contributed by atoms with Crippen LogP contribution in [0.1, 0.15) is 0 Å². The Morgan fingerprint density at radius 2 is 1.84 bits per heavy atom. The van der Waals surface area contributed by atoms with Crippen molar-refractivity contribution in [3.05, 3.63) is 18.7 Å². The number of halogens is 1. The van der Waals surface area contributed by atoms with E-state index in [1.165, 1.54) is 6.33 Å². The first kappa shape index (κ1) is 16.5. The van der Waals surface area contributed by atoms with Crippen LogP contribution in [-0.4, -0.2) is 59.6 Å². The number of rotatable bonds is 3. The second-order valence-electron chi connectivity index (χ2n) is 5.17. The second kappa shape index (κ2) is 6.41. The summed E-state index contributed by atoms with van der Waals surface area (Å²) in [5.41, 5.74) is 0.891. The van der Waals surface area contributed by atoms with Gasteiger partial charge >= 0.3 is 0 Å². The second-order valence-corrected chi connectivity index (χ2v) is 8.91.